The number of benzene rings is 1. The highest BCUT2D eigenvalue weighted by molar-refractivity contribution is 5.84. The van der Waals surface area contributed by atoms with Crippen molar-refractivity contribution in [2.24, 2.45) is 0 Å². The molecule has 7 nitrogen and oxygen atoms in total. The Kier molecular flexibility index (Phi) is 5.74. The predicted octanol–water partition coefficient (Wildman–Crippen LogP) is 3.73. The normalized spacial score (nSPS) is 15.4. The van der Waals surface area contributed by atoms with Crippen LogP contribution in [0.1, 0.15) is 42.5 Å². The number of hydrogen-bond donors (Lipinski definition) is 2. The molecule has 7 heteroatoms. The van der Waals surface area contributed by atoms with Crippen LogP contribution in [0.25, 0.3) is 0 Å². The summed E-state index contributed by atoms with van der Waals surface area (Å²) >= 11 is 0. The van der Waals surface area contributed by atoms with E-state index in [1.807, 2.05) is 43.3 Å². The Morgan fingerprint density at radius 1 is 1.24 bits per heavy atom. The molecule has 150 valence electrons. The van der Waals surface area contributed by atoms with Crippen LogP contribution >= 0.6 is 0 Å². The summed E-state index contributed by atoms with van der Waals surface area (Å²) in [4.78, 5) is 16.9. The van der Waals surface area contributed by atoms with E-state index in [2.05, 4.69) is 20.5 Å². The Balaban J connectivity index is 1.36. The maximum atomic E-state index is 12.7. The lowest BCUT2D eigenvalue weighted by Gasteiger charge is -2.21. The van der Waals surface area contributed by atoms with Gasteiger partial charge in [-0.1, -0.05) is 0 Å². The van der Waals surface area contributed by atoms with Crippen LogP contribution in [0.2, 0.25) is 0 Å². The molecule has 1 unspecified atom stereocenters. The van der Waals surface area contributed by atoms with E-state index in [0.29, 0.717) is 24.8 Å². The minimum absolute atomic E-state index is 0.0261. The minimum Gasteiger partial charge on any atom is -0.494 e. The third-order valence-corrected chi connectivity index (χ3v) is 4.99. The van der Waals surface area contributed by atoms with Crippen LogP contribution in [0.15, 0.2) is 48.8 Å². The van der Waals surface area contributed by atoms with E-state index in [0.717, 1.165) is 41.8 Å². The Morgan fingerprint density at radius 3 is 2.90 bits per heavy atom. The first-order chi connectivity index (χ1) is 14.2. The van der Waals surface area contributed by atoms with Crippen molar-refractivity contribution in [2.45, 2.75) is 38.6 Å². The largest absolute Gasteiger partial charge is 0.494 e. The minimum atomic E-state index is -0.140. The quantitative estimate of drug-likeness (QED) is 0.639. The number of amides is 1. The van der Waals surface area contributed by atoms with Crippen LogP contribution in [0, 0.1) is 0 Å². The molecule has 0 spiro atoms. The van der Waals surface area contributed by atoms with Gasteiger partial charge in [-0.25, -0.2) is 4.98 Å². The van der Waals surface area contributed by atoms with Crippen LogP contribution in [0.3, 0.4) is 0 Å². The fourth-order valence-electron chi connectivity index (χ4n) is 3.55. The van der Waals surface area contributed by atoms with E-state index in [1.165, 1.54) is 0 Å². The molecule has 2 N–H and O–H groups in total. The molecule has 0 fully saturated rings. The number of pyridine rings is 1. The van der Waals surface area contributed by atoms with Crippen molar-refractivity contribution >= 4 is 5.91 Å². The molecule has 0 saturated carbocycles. The fraction of sp³-hybridized carbons (Fsp3) is 0.318. The van der Waals surface area contributed by atoms with Gasteiger partial charge in [0.05, 0.1) is 18.7 Å². The van der Waals surface area contributed by atoms with Gasteiger partial charge in [0.15, 0.2) is 0 Å². The number of aromatic nitrogens is 3. The number of carbonyl (C=O) groups excluding carboxylic acids is 1. The average Bonchev–Trinajstić information content (AvgIpc) is 3.23. The summed E-state index contributed by atoms with van der Waals surface area (Å²) in [5, 5.41) is 10.1. The van der Waals surface area contributed by atoms with Gasteiger partial charge in [-0.05, 0) is 62.1 Å². The smallest absolute Gasteiger partial charge is 0.227 e. The zero-order valence-corrected chi connectivity index (χ0v) is 16.4. The van der Waals surface area contributed by atoms with E-state index in [-0.39, 0.29) is 11.8 Å². The molecule has 4 rings (SSSR count). The van der Waals surface area contributed by atoms with Gasteiger partial charge >= 0.3 is 0 Å². The van der Waals surface area contributed by atoms with Crippen molar-refractivity contribution < 1.29 is 14.3 Å². The molecule has 2 heterocycles. The number of nitrogens with one attached hydrogen (secondary N) is 2. The molecule has 1 aliphatic carbocycles. The molecule has 29 heavy (non-hydrogen) atoms. The number of rotatable bonds is 7. The van der Waals surface area contributed by atoms with Crippen LogP contribution in [0.4, 0.5) is 0 Å². The van der Waals surface area contributed by atoms with Crippen molar-refractivity contribution in [3.05, 3.63) is 65.6 Å². The SMILES string of the molecule is CCOc1ccc(Oc2cc(CNC(=O)C3CCCc4[nH]ncc43)ccn2)cc1. The first-order valence-electron chi connectivity index (χ1n) is 9.88. The highest BCUT2D eigenvalue weighted by Crippen LogP contribution is 2.30. The summed E-state index contributed by atoms with van der Waals surface area (Å²) < 4.78 is 11.3. The Labute approximate surface area is 169 Å². The number of carbonyl (C=O) groups is 1. The molecular formula is C22H24N4O3. The van der Waals surface area contributed by atoms with E-state index in [1.54, 1.807) is 12.4 Å². The zero-order chi connectivity index (χ0) is 20.1. The van der Waals surface area contributed by atoms with Gasteiger partial charge < -0.3 is 14.8 Å². The van der Waals surface area contributed by atoms with Crippen LogP contribution in [-0.2, 0) is 17.8 Å². The summed E-state index contributed by atoms with van der Waals surface area (Å²) in [5.74, 6) is 1.84. The molecule has 0 bridgehead atoms. The Bertz CT molecular complexity index is 968. The molecule has 1 amide bonds. The Morgan fingerprint density at radius 2 is 2.07 bits per heavy atom. The van der Waals surface area contributed by atoms with Gasteiger partial charge in [-0.2, -0.15) is 5.10 Å². The van der Waals surface area contributed by atoms with Gasteiger partial charge in [0.2, 0.25) is 11.8 Å². The van der Waals surface area contributed by atoms with Crippen LogP contribution in [0.5, 0.6) is 17.4 Å². The maximum absolute atomic E-state index is 12.7. The molecule has 0 aliphatic heterocycles. The van der Waals surface area contributed by atoms with Crippen molar-refractivity contribution in [1.82, 2.24) is 20.5 Å². The number of fused-ring (bicyclic) bond motifs is 1. The van der Waals surface area contributed by atoms with Gasteiger partial charge in [-0.3, -0.25) is 9.89 Å². The molecule has 0 radical (unpaired) electrons. The molecule has 1 aromatic carbocycles. The van der Waals surface area contributed by atoms with E-state index in [4.69, 9.17) is 9.47 Å². The topological polar surface area (TPSA) is 89.1 Å². The molecule has 1 aliphatic rings. The molecule has 0 saturated heterocycles. The lowest BCUT2D eigenvalue weighted by atomic mass is 9.86. The Hall–Kier alpha value is -3.35. The number of aromatic amines is 1. The summed E-state index contributed by atoms with van der Waals surface area (Å²) in [6, 6.07) is 11.1. The molecule has 3 aromatic rings. The number of hydrogen-bond acceptors (Lipinski definition) is 5. The molecule has 2 aromatic heterocycles. The van der Waals surface area contributed by atoms with Crippen LogP contribution < -0.4 is 14.8 Å². The number of aryl methyl sites for hydroxylation is 1. The molecular weight excluding hydrogens is 368 g/mol. The van der Waals surface area contributed by atoms with Gasteiger partial charge in [0.1, 0.15) is 11.5 Å². The van der Waals surface area contributed by atoms with Crippen molar-refractivity contribution in [3.63, 3.8) is 0 Å². The summed E-state index contributed by atoms with van der Waals surface area (Å²) in [5.41, 5.74) is 3.02. The lowest BCUT2D eigenvalue weighted by Crippen LogP contribution is -2.30. The number of ether oxygens (including phenoxy) is 2. The van der Waals surface area contributed by atoms with Crippen molar-refractivity contribution in [2.75, 3.05) is 6.61 Å². The third-order valence-electron chi connectivity index (χ3n) is 4.99. The fourth-order valence-corrected chi connectivity index (χ4v) is 3.55. The number of H-pyrrole nitrogens is 1. The zero-order valence-electron chi connectivity index (χ0n) is 16.4. The van der Waals surface area contributed by atoms with Crippen molar-refractivity contribution in [3.8, 4) is 17.4 Å². The van der Waals surface area contributed by atoms with E-state index in [9.17, 15) is 4.79 Å². The standard InChI is InChI=1S/C22H24N4O3/c1-2-28-16-6-8-17(9-7-16)29-21-12-15(10-11-23-21)13-24-22(27)18-4-3-5-20-19(18)14-25-26-20/h6-12,14,18H,2-5,13H2,1H3,(H,24,27)(H,25,26). The van der Waals surface area contributed by atoms with Gasteiger partial charge in [0.25, 0.3) is 0 Å². The first kappa shape index (κ1) is 19.0. The lowest BCUT2D eigenvalue weighted by molar-refractivity contribution is -0.123. The van der Waals surface area contributed by atoms with Gasteiger partial charge in [0, 0.05) is 30.1 Å². The van der Waals surface area contributed by atoms with E-state index >= 15 is 0 Å². The third kappa shape index (κ3) is 4.56. The van der Waals surface area contributed by atoms with Crippen LogP contribution in [-0.4, -0.2) is 27.7 Å². The van der Waals surface area contributed by atoms with Crippen molar-refractivity contribution in [1.29, 1.82) is 0 Å². The second-order valence-corrected chi connectivity index (χ2v) is 6.98. The summed E-state index contributed by atoms with van der Waals surface area (Å²) in [6.45, 7) is 2.99. The highest BCUT2D eigenvalue weighted by atomic mass is 16.5. The second kappa shape index (κ2) is 8.77. The summed E-state index contributed by atoms with van der Waals surface area (Å²) in [7, 11) is 0. The monoisotopic (exact) mass is 392 g/mol. The summed E-state index contributed by atoms with van der Waals surface area (Å²) in [6.07, 6.45) is 6.24. The van der Waals surface area contributed by atoms with E-state index < -0.39 is 0 Å². The number of nitrogens with zero attached hydrogens (tertiary/aromatic N) is 2. The second-order valence-electron chi connectivity index (χ2n) is 6.98. The maximum Gasteiger partial charge on any atom is 0.227 e. The van der Waals surface area contributed by atoms with Gasteiger partial charge in [-0.15, -0.1) is 0 Å². The molecule has 1 atom stereocenters. The average molecular weight is 392 g/mol. The first-order valence-corrected chi connectivity index (χ1v) is 9.88. The predicted molar refractivity (Wildman–Crippen MR) is 108 cm³/mol. The highest BCUT2D eigenvalue weighted by Gasteiger charge is 2.27.